The Morgan fingerprint density at radius 1 is 0.952 bits per heavy atom. The van der Waals surface area contributed by atoms with Gasteiger partial charge in [-0.1, -0.05) is 52.8 Å². The number of carbonyl (C=O) groups is 1. The van der Waals surface area contributed by atoms with Crippen LogP contribution < -0.4 is 15.4 Å². The second kappa shape index (κ2) is 21.5. The molecule has 18 atom stereocenters. The van der Waals surface area contributed by atoms with Gasteiger partial charge in [0.1, 0.15) is 34.8 Å². The van der Waals surface area contributed by atoms with Gasteiger partial charge in [0.25, 0.3) is 0 Å². The zero-order valence-corrected chi connectivity index (χ0v) is 40.3. The summed E-state index contributed by atoms with van der Waals surface area (Å²) in [6, 6.07) is 8.85. The van der Waals surface area contributed by atoms with Crippen molar-refractivity contribution in [2.45, 2.75) is 205 Å². The highest BCUT2D eigenvalue weighted by Gasteiger charge is 2.58. The molecule has 0 amide bonds. The van der Waals surface area contributed by atoms with Gasteiger partial charge in [-0.05, 0) is 106 Å². The molecule has 1 aromatic rings. The van der Waals surface area contributed by atoms with Gasteiger partial charge in [0.05, 0.1) is 42.0 Å². The predicted octanol–water partition coefficient (Wildman–Crippen LogP) is 4.01. The summed E-state index contributed by atoms with van der Waals surface area (Å²) >= 11 is 0. The van der Waals surface area contributed by atoms with Gasteiger partial charge in [0.15, 0.2) is 18.7 Å². The van der Waals surface area contributed by atoms with E-state index < -0.39 is 95.5 Å². The average molecular weight is 882 g/mol. The second-order valence-electron chi connectivity index (χ2n) is 20.0. The largest absolute Gasteiger partial charge is 0.483 e. The number of benzene rings is 1. The summed E-state index contributed by atoms with van der Waals surface area (Å²) < 4.78 is 46.1. The summed E-state index contributed by atoms with van der Waals surface area (Å²) in [4.78, 5) is 16.6. The number of methoxy groups -OCH3 is 1. The molecule has 10 unspecified atom stereocenters. The summed E-state index contributed by atoms with van der Waals surface area (Å²) in [5.74, 6) is -1.99. The van der Waals surface area contributed by atoms with Crippen LogP contribution in [0.25, 0.3) is 0 Å². The lowest BCUT2D eigenvalue weighted by molar-refractivity contribution is -0.336. The number of esters is 1. The van der Waals surface area contributed by atoms with E-state index in [9.17, 15) is 25.2 Å². The first-order valence-electron chi connectivity index (χ1n) is 22.9. The maximum absolute atomic E-state index is 14.5. The number of hydrogen-bond acceptors (Lipinski definition) is 15. The van der Waals surface area contributed by atoms with Gasteiger partial charge in [-0.3, -0.25) is 4.79 Å². The van der Waals surface area contributed by atoms with Crippen molar-refractivity contribution in [1.82, 2.24) is 15.5 Å². The zero-order valence-electron chi connectivity index (χ0n) is 40.3. The SMILES string of the molecule is CCC1OC(=O)C(C)C(O[C@H]2C[C@@](C)(OC)[C@](O)(CNC(C)C)[C@H](C)O2)C(C)C(O[C@@H]2O[C@H](C)C[C@H](N(C)C)[C@H]2Oc2ccccc2)C(C)(O)CC(C)CNC(C)C(O)C1(C)O. The summed E-state index contributed by atoms with van der Waals surface area (Å²) in [7, 11) is 5.53. The number of aliphatic hydroxyl groups excluding tert-OH is 1. The first-order chi connectivity index (χ1) is 28.8. The topological polar surface area (TPSA) is 190 Å². The molecular weight excluding hydrogens is 799 g/mol. The van der Waals surface area contributed by atoms with Crippen LogP contribution in [-0.2, 0) is 33.2 Å². The molecule has 4 rings (SSSR count). The number of cyclic esters (lactones) is 1. The van der Waals surface area contributed by atoms with E-state index in [0.717, 1.165) is 0 Å². The highest BCUT2D eigenvalue weighted by Crippen LogP contribution is 2.43. The fraction of sp³-hybridized carbons (Fsp3) is 0.851. The predicted molar refractivity (Wildman–Crippen MR) is 236 cm³/mol. The van der Waals surface area contributed by atoms with Crippen LogP contribution in [0.5, 0.6) is 5.75 Å². The molecule has 3 aliphatic rings. The summed E-state index contributed by atoms with van der Waals surface area (Å²) in [6.45, 7) is 22.5. The zero-order chi connectivity index (χ0) is 46.5. The van der Waals surface area contributed by atoms with E-state index in [-0.39, 0.29) is 49.9 Å². The van der Waals surface area contributed by atoms with Crippen molar-refractivity contribution in [3.05, 3.63) is 30.3 Å². The van der Waals surface area contributed by atoms with E-state index >= 15 is 0 Å². The number of hydrogen-bond donors (Lipinski definition) is 6. The van der Waals surface area contributed by atoms with E-state index in [1.165, 1.54) is 6.92 Å². The van der Waals surface area contributed by atoms with E-state index in [1.807, 2.05) is 86.0 Å². The Kier molecular flexibility index (Phi) is 18.3. The smallest absolute Gasteiger partial charge is 0.311 e. The number of para-hydroxylation sites is 1. The molecule has 3 heterocycles. The fourth-order valence-corrected chi connectivity index (χ4v) is 9.88. The number of nitrogens with zero attached hydrogens (tertiary/aromatic N) is 1. The Bertz CT molecular complexity index is 1540. The van der Waals surface area contributed by atoms with Crippen molar-refractivity contribution in [2.75, 3.05) is 34.3 Å². The second-order valence-corrected chi connectivity index (χ2v) is 20.0. The molecule has 6 N–H and O–H groups in total. The van der Waals surface area contributed by atoms with Crippen LogP contribution in [-0.4, -0.2) is 161 Å². The Balaban J connectivity index is 1.86. The van der Waals surface area contributed by atoms with Gasteiger partial charge in [0, 0.05) is 38.1 Å². The minimum Gasteiger partial charge on any atom is -0.483 e. The Hall–Kier alpha value is -1.99. The van der Waals surface area contributed by atoms with Crippen molar-refractivity contribution in [3.63, 3.8) is 0 Å². The molecule has 3 aliphatic heterocycles. The van der Waals surface area contributed by atoms with Crippen molar-refractivity contribution < 1.29 is 58.4 Å². The van der Waals surface area contributed by atoms with E-state index in [4.69, 9.17) is 33.2 Å². The van der Waals surface area contributed by atoms with Gasteiger partial charge < -0.3 is 69.1 Å². The molecule has 62 heavy (non-hydrogen) atoms. The third kappa shape index (κ3) is 12.1. The number of aliphatic hydroxyl groups is 4. The maximum atomic E-state index is 14.5. The fourth-order valence-electron chi connectivity index (χ4n) is 9.88. The van der Waals surface area contributed by atoms with Crippen molar-refractivity contribution in [2.24, 2.45) is 17.8 Å². The molecule has 3 fully saturated rings. The average Bonchev–Trinajstić information content (AvgIpc) is 3.20. The lowest BCUT2D eigenvalue weighted by Crippen LogP contribution is -2.70. The highest BCUT2D eigenvalue weighted by molar-refractivity contribution is 5.73. The molecular formula is C47H83N3O12. The van der Waals surface area contributed by atoms with Crippen molar-refractivity contribution in [1.29, 1.82) is 0 Å². The van der Waals surface area contributed by atoms with E-state index in [2.05, 4.69) is 15.5 Å². The van der Waals surface area contributed by atoms with Gasteiger partial charge >= 0.3 is 5.97 Å². The molecule has 0 radical (unpaired) electrons. The number of rotatable bonds is 12. The van der Waals surface area contributed by atoms with Gasteiger partial charge in [0.2, 0.25) is 0 Å². The Morgan fingerprint density at radius 3 is 2.18 bits per heavy atom. The Labute approximate surface area is 371 Å². The number of nitrogens with one attached hydrogen (secondary N) is 2. The highest BCUT2D eigenvalue weighted by atomic mass is 16.7. The molecule has 0 saturated carbocycles. The molecule has 1 aromatic carbocycles. The molecule has 15 heteroatoms. The van der Waals surface area contributed by atoms with Crippen LogP contribution in [0.3, 0.4) is 0 Å². The third-order valence-electron chi connectivity index (χ3n) is 14.0. The number of carbonyl (C=O) groups excluding carboxylic acids is 1. The molecule has 358 valence electrons. The van der Waals surface area contributed by atoms with Crippen LogP contribution in [0, 0.1) is 17.8 Å². The van der Waals surface area contributed by atoms with Crippen LogP contribution in [0.15, 0.2) is 30.3 Å². The van der Waals surface area contributed by atoms with Gasteiger partial charge in [-0.2, -0.15) is 0 Å². The molecule has 0 spiro atoms. The molecule has 0 aromatic heterocycles. The summed E-state index contributed by atoms with van der Waals surface area (Å²) in [5, 5.41) is 55.0. The van der Waals surface area contributed by atoms with Crippen LogP contribution in [0.4, 0.5) is 0 Å². The lowest BCUT2D eigenvalue weighted by Gasteiger charge is -2.54. The van der Waals surface area contributed by atoms with E-state index in [0.29, 0.717) is 18.7 Å². The van der Waals surface area contributed by atoms with Gasteiger partial charge in [-0.15, -0.1) is 0 Å². The Morgan fingerprint density at radius 2 is 1.60 bits per heavy atom. The van der Waals surface area contributed by atoms with Crippen LogP contribution in [0.1, 0.15) is 109 Å². The monoisotopic (exact) mass is 882 g/mol. The lowest BCUT2D eigenvalue weighted by atomic mass is 9.75. The minimum absolute atomic E-state index is 0.0881. The standard InChI is InChI=1S/C47H83N3O12/c1-16-36-46(12,54)40(51)32(8)48-25-28(4)23-44(10,53)41(62-43-39(59-34-20-18-17-19-21-34)35(50(13)14)22-29(5)57-43)30(6)38(31(7)42(52)60-36)61-37-24-45(11,56-15)47(55,33(9)58-37)26-49-27(2)3/h17-21,27-33,35-41,43,48-49,51,53-55H,16,22-26H2,1-15H3/t28?,29-,30?,31?,32?,33+,35+,36?,37+,38?,39-,40?,41?,43+,44?,45-,46?,47+/m1/s1. The molecule has 0 bridgehead atoms. The molecule has 3 saturated heterocycles. The first-order valence-corrected chi connectivity index (χ1v) is 22.9. The van der Waals surface area contributed by atoms with E-state index in [1.54, 1.807) is 41.7 Å². The summed E-state index contributed by atoms with van der Waals surface area (Å²) in [5.41, 5.74) is -5.99. The van der Waals surface area contributed by atoms with Crippen molar-refractivity contribution >= 4 is 5.97 Å². The molecule has 15 nitrogen and oxygen atoms in total. The number of likely N-dealkylation sites (N-methyl/N-ethyl adjacent to an activating group) is 1. The number of ether oxygens (including phenoxy) is 7. The van der Waals surface area contributed by atoms with Crippen LogP contribution >= 0.6 is 0 Å². The normalized spacial score (nSPS) is 44.4. The minimum atomic E-state index is -1.82. The van der Waals surface area contributed by atoms with Gasteiger partial charge in [-0.25, -0.2) is 0 Å². The summed E-state index contributed by atoms with van der Waals surface area (Å²) in [6.07, 6.45) is -6.83. The quantitative estimate of drug-likeness (QED) is 0.165. The maximum Gasteiger partial charge on any atom is 0.311 e. The first kappa shape index (κ1) is 52.6. The van der Waals surface area contributed by atoms with Crippen molar-refractivity contribution in [3.8, 4) is 5.75 Å². The molecule has 0 aliphatic carbocycles. The van der Waals surface area contributed by atoms with Crippen LogP contribution in [0.2, 0.25) is 0 Å². The third-order valence-corrected chi connectivity index (χ3v) is 14.0.